The SMILES string of the molecule is C[C@H](CC(=O)Nc1c(Cl)ccc2nc(Cl)ccc12)c1ccccc1. The number of fused-ring (bicyclic) bond motifs is 1. The fourth-order valence-electron chi connectivity index (χ4n) is 2.65. The van der Waals surface area contributed by atoms with Crippen LogP contribution in [0.5, 0.6) is 0 Å². The Morgan fingerprint density at radius 3 is 2.58 bits per heavy atom. The fourth-order valence-corrected chi connectivity index (χ4v) is 3.01. The summed E-state index contributed by atoms with van der Waals surface area (Å²) >= 11 is 12.2. The predicted octanol–water partition coefficient (Wildman–Crippen LogP) is 5.67. The van der Waals surface area contributed by atoms with E-state index in [-0.39, 0.29) is 11.8 Å². The van der Waals surface area contributed by atoms with E-state index in [0.717, 1.165) is 10.9 Å². The van der Waals surface area contributed by atoms with Crippen LogP contribution in [0.2, 0.25) is 10.2 Å². The summed E-state index contributed by atoms with van der Waals surface area (Å²) in [5.74, 6) is 0.0308. The van der Waals surface area contributed by atoms with Crippen LogP contribution in [-0.4, -0.2) is 10.9 Å². The lowest BCUT2D eigenvalue weighted by Gasteiger charge is -2.14. The summed E-state index contributed by atoms with van der Waals surface area (Å²) in [4.78, 5) is 16.7. The summed E-state index contributed by atoms with van der Waals surface area (Å²) in [7, 11) is 0. The van der Waals surface area contributed by atoms with Gasteiger partial charge in [-0.05, 0) is 35.7 Å². The Hall–Kier alpha value is -2.10. The van der Waals surface area contributed by atoms with Gasteiger partial charge in [-0.25, -0.2) is 4.98 Å². The molecular formula is C19H16Cl2N2O. The highest BCUT2D eigenvalue weighted by Crippen LogP contribution is 2.32. The van der Waals surface area contributed by atoms with E-state index in [4.69, 9.17) is 23.2 Å². The Kier molecular flexibility index (Phi) is 5.03. The molecule has 24 heavy (non-hydrogen) atoms. The van der Waals surface area contributed by atoms with E-state index in [1.165, 1.54) is 0 Å². The highest BCUT2D eigenvalue weighted by Gasteiger charge is 2.14. The van der Waals surface area contributed by atoms with E-state index in [1.807, 2.05) is 43.3 Å². The molecule has 0 bridgehead atoms. The van der Waals surface area contributed by atoms with Gasteiger partial charge in [-0.15, -0.1) is 0 Å². The van der Waals surface area contributed by atoms with Crippen molar-refractivity contribution < 1.29 is 4.79 Å². The maximum Gasteiger partial charge on any atom is 0.225 e. The van der Waals surface area contributed by atoms with Gasteiger partial charge in [0.15, 0.2) is 0 Å². The molecule has 0 unspecified atom stereocenters. The smallest absolute Gasteiger partial charge is 0.225 e. The Balaban J connectivity index is 1.82. The molecule has 1 atom stereocenters. The number of nitrogens with one attached hydrogen (secondary N) is 1. The maximum absolute atomic E-state index is 12.4. The molecule has 0 saturated heterocycles. The average Bonchev–Trinajstić information content (AvgIpc) is 2.58. The Labute approximate surface area is 150 Å². The van der Waals surface area contributed by atoms with Crippen LogP contribution in [0.3, 0.4) is 0 Å². The number of amides is 1. The monoisotopic (exact) mass is 358 g/mol. The summed E-state index contributed by atoms with van der Waals surface area (Å²) in [5, 5.41) is 4.57. The van der Waals surface area contributed by atoms with Gasteiger partial charge in [0.25, 0.3) is 0 Å². The minimum absolute atomic E-state index is 0.0873. The van der Waals surface area contributed by atoms with Crippen molar-refractivity contribution in [2.45, 2.75) is 19.3 Å². The van der Waals surface area contributed by atoms with Crippen LogP contribution < -0.4 is 5.32 Å². The van der Waals surface area contributed by atoms with E-state index in [9.17, 15) is 4.79 Å². The number of hydrogen-bond donors (Lipinski definition) is 1. The topological polar surface area (TPSA) is 42.0 Å². The third kappa shape index (κ3) is 3.69. The zero-order chi connectivity index (χ0) is 17.1. The van der Waals surface area contributed by atoms with Gasteiger partial charge in [0.1, 0.15) is 5.15 Å². The molecule has 5 heteroatoms. The molecule has 0 aliphatic heterocycles. The molecule has 0 fully saturated rings. The molecule has 3 nitrogen and oxygen atoms in total. The molecular weight excluding hydrogens is 343 g/mol. The van der Waals surface area contributed by atoms with Crippen molar-refractivity contribution in [2.24, 2.45) is 0 Å². The van der Waals surface area contributed by atoms with Crippen molar-refractivity contribution in [3.63, 3.8) is 0 Å². The number of carbonyl (C=O) groups is 1. The summed E-state index contributed by atoms with van der Waals surface area (Å²) in [6, 6.07) is 16.9. The van der Waals surface area contributed by atoms with E-state index in [0.29, 0.717) is 27.8 Å². The van der Waals surface area contributed by atoms with E-state index in [1.54, 1.807) is 18.2 Å². The number of rotatable bonds is 4. The molecule has 2 aromatic carbocycles. The molecule has 0 aliphatic carbocycles. The lowest BCUT2D eigenvalue weighted by Crippen LogP contribution is -2.15. The number of halogens is 2. The van der Waals surface area contributed by atoms with Gasteiger partial charge in [0, 0.05) is 11.8 Å². The lowest BCUT2D eigenvalue weighted by molar-refractivity contribution is -0.116. The van der Waals surface area contributed by atoms with Crippen LogP contribution in [0.15, 0.2) is 54.6 Å². The van der Waals surface area contributed by atoms with Crippen molar-refractivity contribution in [1.29, 1.82) is 0 Å². The fraction of sp³-hybridized carbons (Fsp3) is 0.158. The summed E-state index contributed by atoms with van der Waals surface area (Å²) in [6.07, 6.45) is 0.373. The first-order chi connectivity index (χ1) is 11.5. The normalized spacial score (nSPS) is 12.1. The second-order valence-corrected chi connectivity index (χ2v) is 6.48. The van der Waals surface area contributed by atoms with E-state index < -0.39 is 0 Å². The molecule has 0 aliphatic rings. The van der Waals surface area contributed by atoms with Crippen molar-refractivity contribution in [3.05, 3.63) is 70.3 Å². The number of pyridine rings is 1. The van der Waals surface area contributed by atoms with Gasteiger partial charge in [-0.3, -0.25) is 4.79 Å². The molecule has 0 spiro atoms. The van der Waals surface area contributed by atoms with Crippen LogP contribution in [0.1, 0.15) is 24.8 Å². The second-order valence-electron chi connectivity index (χ2n) is 5.69. The largest absolute Gasteiger partial charge is 0.324 e. The molecule has 1 N–H and O–H groups in total. The summed E-state index contributed by atoms with van der Waals surface area (Å²) in [5.41, 5.74) is 2.40. The number of hydrogen-bond acceptors (Lipinski definition) is 2. The molecule has 3 rings (SSSR count). The predicted molar refractivity (Wildman–Crippen MR) is 99.9 cm³/mol. The van der Waals surface area contributed by atoms with Gasteiger partial charge in [0.05, 0.1) is 16.2 Å². The summed E-state index contributed by atoms with van der Waals surface area (Å²) < 4.78 is 0. The zero-order valence-corrected chi connectivity index (χ0v) is 14.6. The molecule has 0 radical (unpaired) electrons. The second kappa shape index (κ2) is 7.20. The van der Waals surface area contributed by atoms with Crippen molar-refractivity contribution >= 4 is 45.7 Å². The lowest BCUT2D eigenvalue weighted by atomic mass is 9.97. The Morgan fingerprint density at radius 2 is 1.83 bits per heavy atom. The van der Waals surface area contributed by atoms with Gasteiger partial charge < -0.3 is 5.32 Å². The minimum Gasteiger partial charge on any atom is -0.324 e. The molecule has 1 heterocycles. The van der Waals surface area contributed by atoms with Gasteiger partial charge in [-0.1, -0.05) is 60.5 Å². The van der Waals surface area contributed by atoms with Crippen LogP contribution in [0.4, 0.5) is 5.69 Å². The average molecular weight is 359 g/mol. The van der Waals surface area contributed by atoms with Crippen molar-refractivity contribution in [1.82, 2.24) is 4.98 Å². The summed E-state index contributed by atoms with van der Waals surface area (Å²) in [6.45, 7) is 2.03. The molecule has 3 aromatic rings. The Bertz CT molecular complexity index is 881. The first-order valence-electron chi connectivity index (χ1n) is 7.64. The third-order valence-electron chi connectivity index (χ3n) is 3.91. The van der Waals surface area contributed by atoms with Crippen molar-refractivity contribution in [3.8, 4) is 0 Å². The number of carbonyl (C=O) groups excluding carboxylic acids is 1. The Morgan fingerprint density at radius 1 is 1.08 bits per heavy atom. The molecule has 122 valence electrons. The van der Waals surface area contributed by atoms with Crippen LogP contribution in [-0.2, 0) is 4.79 Å². The number of benzene rings is 2. The highest BCUT2D eigenvalue weighted by atomic mass is 35.5. The van der Waals surface area contributed by atoms with E-state index >= 15 is 0 Å². The van der Waals surface area contributed by atoms with Gasteiger partial charge in [-0.2, -0.15) is 0 Å². The molecule has 1 aromatic heterocycles. The van der Waals surface area contributed by atoms with Crippen LogP contribution >= 0.6 is 23.2 Å². The van der Waals surface area contributed by atoms with E-state index in [2.05, 4.69) is 10.3 Å². The standard InChI is InChI=1S/C19H16Cl2N2O/c1-12(13-5-3-2-4-6-13)11-18(24)23-19-14-7-10-17(21)22-16(14)9-8-15(19)20/h2-10,12H,11H2,1H3,(H,23,24)/t12-/m1/s1. The highest BCUT2D eigenvalue weighted by molar-refractivity contribution is 6.35. The number of anilines is 1. The molecule has 0 saturated carbocycles. The van der Waals surface area contributed by atoms with Crippen molar-refractivity contribution in [2.75, 3.05) is 5.32 Å². The first kappa shape index (κ1) is 16.7. The van der Waals surface area contributed by atoms with Crippen LogP contribution in [0, 0.1) is 0 Å². The zero-order valence-electron chi connectivity index (χ0n) is 13.1. The number of nitrogens with zero attached hydrogens (tertiary/aromatic N) is 1. The maximum atomic E-state index is 12.4. The third-order valence-corrected chi connectivity index (χ3v) is 4.44. The van der Waals surface area contributed by atoms with Gasteiger partial charge in [0.2, 0.25) is 5.91 Å². The minimum atomic E-state index is -0.0873. The molecule has 1 amide bonds. The van der Waals surface area contributed by atoms with Gasteiger partial charge >= 0.3 is 0 Å². The quantitative estimate of drug-likeness (QED) is 0.610. The number of aromatic nitrogens is 1. The first-order valence-corrected chi connectivity index (χ1v) is 8.40. The van der Waals surface area contributed by atoms with Crippen LogP contribution in [0.25, 0.3) is 10.9 Å².